The topological polar surface area (TPSA) is 49.2 Å². The highest BCUT2D eigenvalue weighted by Crippen LogP contribution is 2.30. The Labute approximate surface area is 147 Å². The average molecular weight is 337 g/mol. The molecule has 1 aromatic carbocycles. The minimum Gasteiger partial charge on any atom is -0.489 e. The van der Waals surface area contributed by atoms with Gasteiger partial charge < -0.3 is 14.0 Å². The summed E-state index contributed by atoms with van der Waals surface area (Å²) in [5.74, 6) is 1.79. The molecule has 25 heavy (non-hydrogen) atoms. The van der Waals surface area contributed by atoms with Crippen LogP contribution in [-0.2, 0) is 11.8 Å². The van der Waals surface area contributed by atoms with Crippen LogP contribution in [0.15, 0.2) is 30.5 Å². The van der Waals surface area contributed by atoms with Crippen molar-refractivity contribution in [2.24, 2.45) is 7.05 Å². The van der Waals surface area contributed by atoms with Crippen molar-refractivity contribution in [2.75, 3.05) is 13.2 Å². The molecule has 0 bridgehead atoms. The fourth-order valence-electron chi connectivity index (χ4n) is 3.34. The van der Waals surface area contributed by atoms with E-state index in [-0.39, 0.29) is 6.10 Å². The summed E-state index contributed by atoms with van der Waals surface area (Å²) < 4.78 is 13.8. The molecule has 0 aliphatic carbocycles. The van der Waals surface area contributed by atoms with E-state index in [1.807, 2.05) is 32.3 Å². The van der Waals surface area contributed by atoms with Crippen molar-refractivity contribution < 1.29 is 9.47 Å². The van der Waals surface area contributed by atoms with E-state index < -0.39 is 0 Å². The minimum atomic E-state index is 0.194. The second kappa shape index (κ2) is 6.48. The summed E-state index contributed by atoms with van der Waals surface area (Å²) in [5.41, 5.74) is 4.01. The van der Waals surface area contributed by atoms with E-state index in [9.17, 15) is 0 Å². The van der Waals surface area contributed by atoms with Crippen LogP contribution in [0, 0.1) is 13.8 Å². The van der Waals surface area contributed by atoms with Crippen LogP contribution in [0.4, 0.5) is 0 Å². The van der Waals surface area contributed by atoms with Gasteiger partial charge in [-0.1, -0.05) is 12.1 Å². The van der Waals surface area contributed by atoms with Crippen molar-refractivity contribution in [3.05, 3.63) is 41.9 Å². The molecule has 0 amide bonds. The fourth-order valence-corrected chi connectivity index (χ4v) is 3.34. The quantitative estimate of drug-likeness (QED) is 0.726. The molecule has 130 valence electrons. The van der Waals surface area contributed by atoms with E-state index in [0.29, 0.717) is 6.61 Å². The van der Waals surface area contributed by atoms with Crippen LogP contribution in [0.25, 0.3) is 22.3 Å². The number of benzene rings is 1. The van der Waals surface area contributed by atoms with Crippen LogP contribution in [-0.4, -0.2) is 33.9 Å². The molecule has 3 heterocycles. The third-order valence-corrected chi connectivity index (χ3v) is 4.94. The van der Waals surface area contributed by atoms with E-state index in [1.165, 1.54) is 5.56 Å². The monoisotopic (exact) mass is 337 g/mol. The number of aromatic nitrogens is 3. The molecule has 1 fully saturated rings. The van der Waals surface area contributed by atoms with Crippen LogP contribution in [0.3, 0.4) is 0 Å². The zero-order valence-electron chi connectivity index (χ0n) is 15.0. The molecule has 1 saturated heterocycles. The van der Waals surface area contributed by atoms with Gasteiger partial charge in [-0.2, -0.15) is 0 Å². The summed E-state index contributed by atoms with van der Waals surface area (Å²) in [7, 11) is 2.01. The highest BCUT2D eigenvalue weighted by Gasteiger charge is 2.17. The molecule has 0 N–H and O–H groups in total. The SMILES string of the molecule is Cc1cc(-c2cnc(C)n2C)nc2c(OCC3CCCO3)cccc12. The Hall–Kier alpha value is -2.40. The molecule has 5 nitrogen and oxygen atoms in total. The van der Waals surface area contributed by atoms with Gasteiger partial charge in [0.25, 0.3) is 0 Å². The Balaban J connectivity index is 1.74. The molecule has 3 aromatic rings. The predicted octanol–water partition coefficient (Wildman–Crippen LogP) is 3.81. The summed E-state index contributed by atoms with van der Waals surface area (Å²) in [5, 5.41) is 1.12. The van der Waals surface area contributed by atoms with Gasteiger partial charge in [0.15, 0.2) is 0 Å². The number of imidazole rings is 1. The molecular weight excluding hydrogens is 314 g/mol. The molecule has 4 rings (SSSR count). The number of ether oxygens (including phenoxy) is 2. The first-order valence-electron chi connectivity index (χ1n) is 8.77. The van der Waals surface area contributed by atoms with E-state index in [2.05, 4.69) is 28.6 Å². The number of nitrogens with zero attached hydrogens (tertiary/aromatic N) is 3. The van der Waals surface area contributed by atoms with Crippen LogP contribution in [0.1, 0.15) is 24.2 Å². The van der Waals surface area contributed by atoms with Crippen LogP contribution in [0.5, 0.6) is 5.75 Å². The van der Waals surface area contributed by atoms with Gasteiger partial charge in [-0.15, -0.1) is 0 Å². The van der Waals surface area contributed by atoms with Gasteiger partial charge in [0.1, 0.15) is 23.7 Å². The molecule has 2 aromatic heterocycles. The van der Waals surface area contributed by atoms with Gasteiger partial charge >= 0.3 is 0 Å². The Morgan fingerprint density at radius 1 is 1.32 bits per heavy atom. The number of rotatable bonds is 4. The van der Waals surface area contributed by atoms with Crippen molar-refractivity contribution in [2.45, 2.75) is 32.8 Å². The first-order chi connectivity index (χ1) is 12.1. The predicted molar refractivity (Wildman–Crippen MR) is 97.9 cm³/mol. The number of pyridine rings is 1. The molecular formula is C20H23N3O2. The zero-order valence-corrected chi connectivity index (χ0v) is 15.0. The second-order valence-corrected chi connectivity index (χ2v) is 6.67. The maximum absolute atomic E-state index is 6.07. The summed E-state index contributed by atoms with van der Waals surface area (Å²) in [6, 6.07) is 8.22. The van der Waals surface area contributed by atoms with Crippen LogP contribution in [0.2, 0.25) is 0 Å². The first kappa shape index (κ1) is 16.1. The molecule has 5 heteroatoms. The van der Waals surface area contributed by atoms with E-state index >= 15 is 0 Å². The molecule has 0 radical (unpaired) electrons. The Morgan fingerprint density at radius 2 is 2.20 bits per heavy atom. The highest BCUT2D eigenvalue weighted by molar-refractivity contribution is 5.89. The van der Waals surface area contributed by atoms with Gasteiger partial charge in [-0.05, 0) is 44.4 Å². The molecule has 1 atom stereocenters. The number of para-hydroxylation sites is 1. The average Bonchev–Trinajstić information content (AvgIpc) is 3.24. The lowest BCUT2D eigenvalue weighted by Gasteiger charge is -2.14. The van der Waals surface area contributed by atoms with Gasteiger partial charge in [-0.3, -0.25) is 0 Å². The summed E-state index contributed by atoms with van der Waals surface area (Å²) in [6.07, 6.45) is 4.25. The normalized spacial score (nSPS) is 17.3. The second-order valence-electron chi connectivity index (χ2n) is 6.67. The van der Waals surface area contributed by atoms with Gasteiger partial charge in [0.05, 0.1) is 23.7 Å². The molecule has 0 spiro atoms. The fraction of sp³-hybridized carbons (Fsp3) is 0.400. The Bertz CT molecular complexity index is 911. The Morgan fingerprint density at radius 3 is 2.92 bits per heavy atom. The summed E-state index contributed by atoms with van der Waals surface area (Å²) >= 11 is 0. The van der Waals surface area contributed by atoms with Crippen LogP contribution < -0.4 is 4.74 Å². The van der Waals surface area contributed by atoms with Crippen molar-refractivity contribution in [1.29, 1.82) is 0 Å². The summed E-state index contributed by atoms with van der Waals surface area (Å²) in [6.45, 7) is 5.52. The molecule has 1 aliphatic rings. The highest BCUT2D eigenvalue weighted by atomic mass is 16.5. The Kier molecular flexibility index (Phi) is 4.17. The molecule has 1 unspecified atom stereocenters. The number of aryl methyl sites for hydroxylation is 2. The zero-order chi connectivity index (χ0) is 17.4. The van der Waals surface area contributed by atoms with E-state index in [0.717, 1.165) is 53.3 Å². The van der Waals surface area contributed by atoms with Gasteiger partial charge in [-0.25, -0.2) is 9.97 Å². The summed E-state index contributed by atoms with van der Waals surface area (Å²) in [4.78, 5) is 9.29. The van der Waals surface area contributed by atoms with E-state index in [4.69, 9.17) is 14.5 Å². The van der Waals surface area contributed by atoms with Gasteiger partial charge in [0, 0.05) is 19.0 Å². The van der Waals surface area contributed by atoms with Crippen LogP contribution >= 0.6 is 0 Å². The van der Waals surface area contributed by atoms with Crippen molar-refractivity contribution in [3.63, 3.8) is 0 Å². The first-order valence-corrected chi connectivity index (χ1v) is 8.77. The minimum absolute atomic E-state index is 0.194. The molecule has 1 aliphatic heterocycles. The van der Waals surface area contributed by atoms with Gasteiger partial charge in [0.2, 0.25) is 0 Å². The third kappa shape index (κ3) is 3.00. The number of hydrogen-bond donors (Lipinski definition) is 0. The molecule has 0 saturated carbocycles. The maximum atomic E-state index is 6.07. The van der Waals surface area contributed by atoms with Crippen molar-refractivity contribution in [3.8, 4) is 17.1 Å². The van der Waals surface area contributed by atoms with Crippen molar-refractivity contribution in [1.82, 2.24) is 14.5 Å². The third-order valence-electron chi connectivity index (χ3n) is 4.94. The van der Waals surface area contributed by atoms with Crippen molar-refractivity contribution >= 4 is 10.9 Å². The smallest absolute Gasteiger partial charge is 0.145 e. The lowest BCUT2D eigenvalue weighted by Crippen LogP contribution is -2.16. The standard InChI is InChI=1S/C20H23N3O2/c1-13-10-17(18-11-21-14(2)23(18)3)22-20-16(13)7-4-8-19(20)25-12-15-6-5-9-24-15/h4,7-8,10-11,15H,5-6,9,12H2,1-3H3. The number of hydrogen-bond acceptors (Lipinski definition) is 4. The maximum Gasteiger partial charge on any atom is 0.145 e. The van der Waals surface area contributed by atoms with E-state index in [1.54, 1.807) is 0 Å². The largest absolute Gasteiger partial charge is 0.489 e. The lowest BCUT2D eigenvalue weighted by molar-refractivity contribution is 0.0684. The lowest BCUT2D eigenvalue weighted by atomic mass is 10.1. The number of fused-ring (bicyclic) bond motifs is 1.